The van der Waals surface area contributed by atoms with Gasteiger partial charge in [0, 0.05) is 49.2 Å². The molecule has 1 fully saturated rings. The van der Waals surface area contributed by atoms with E-state index in [4.69, 9.17) is 4.98 Å². The third-order valence-electron chi connectivity index (χ3n) is 6.66. The van der Waals surface area contributed by atoms with E-state index < -0.39 is 17.4 Å². The Balaban J connectivity index is 1.61. The van der Waals surface area contributed by atoms with E-state index in [1.807, 2.05) is 6.07 Å². The van der Waals surface area contributed by atoms with Crippen LogP contribution in [0.2, 0.25) is 0 Å². The van der Waals surface area contributed by atoms with Gasteiger partial charge in [0.2, 0.25) is 0 Å². The van der Waals surface area contributed by atoms with Crippen LogP contribution in [0.1, 0.15) is 38.4 Å². The molecule has 0 aliphatic carbocycles. The number of fused-ring (bicyclic) bond motifs is 3. The van der Waals surface area contributed by atoms with Crippen LogP contribution in [-0.4, -0.2) is 65.4 Å². The highest BCUT2D eigenvalue weighted by Crippen LogP contribution is 2.29. The van der Waals surface area contributed by atoms with Gasteiger partial charge >= 0.3 is 5.69 Å². The number of carbonyl (C=O) groups is 2. The third kappa shape index (κ3) is 4.65. The summed E-state index contributed by atoms with van der Waals surface area (Å²) < 4.78 is 1.55. The molecule has 190 valence electrons. The molecule has 4 aromatic rings. The molecule has 1 aliphatic rings. The lowest BCUT2D eigenvalue weighted by Crippen LogP contribution is -2.45. The van der Waals surface area contributed by atoms with Gasteiger partial charge in [-0.3, -0.25) is 33.9 Å². The van der Waals surface area contributed by atoms with E-state index in [1.165, 1.54) is 20.0 Å². The van der Waals surface area contributed by atoms with Gasteiger partial charge in [0.1, 0.15) is 17.4 Å². The van der Waals surface area contributed by atoms with Crippen molar-refractivity contribution < 1.29 is 14.7 Å². The van der Waals surface area contributed by atoms with Crippen molar-refractivity contribution in [2.75, 3.05) is 13.1 Å². The number of likely N-dealkylation sites (tertiary alicyclic amines) is 1. The van der Waals surface area contributed by atoms with E-state index in [9.17, 15) is 24.3 Å². The van der Waals surface area contributed by atoms with Gasteiger partial charge in [-0.25, -0.2) is 9.78 Å². The predicted molar refractivity (Wildman–Crippen MR) is 136 cm³/mol. The highest BCUT2D eigenvalue weighted by Gasteiger charge is 2.28. The van der Waals surface area contributed by atoms with Crippen molar-refractivity contribution in [2.24, 2.45) is 0 Å². The summed E-state index contributed by atoms with van der Waals surface area (Å²) in [5.41, 5.74) is 2.19. The van der Waals surface area contributed by atoms with E-state index in [0.29, 0.717) is 53.9 Å². The summed E-state index contributed by atoms with van der Waals surface area (Å²) in [6.45, 7) is 3.70. The lowest BCUT2D eigenvalue weighted by molar-refractivity contribution is -0.140. The second-order valence-corrected chi connectivity index (χ2v) is 9.36. The summed E-state index contributed by atoms with van der Waals surface area (Å²) in [5.74, 6) is -0.327. The van der Waals surface area contributed by atoms with Crippen LogP contribution in [0.5, 0.6) is 0 Å². The zero-order valence-corrected chi connectivity index (χ0v) is 20.5. The van der Waals surface area contributed by atoms with Crippen LogP contribution >= 0.6 is 0 Å². The first-order chi connectivity index (χ1) is 17.7. The van der Waals surface area contributed by atoms with Crippen molar-refractivity contribution in [3.05, 3.63) is 63.2 Å². The normalized spacial score (nSPS) is 15.3. The summed E-state index contributed by atoms with van der Waals surface area (Å²) in [6, 6.07) is 6.88. The molecule has 0 radical (unpaired) electrons. The molecule has 1 aliphatic heterocycles. The maximum absolute atomic E-state index is 13.1. The van der Waals surface area contributed by atoms with Gasteiger partial charge in [0.25, 0.3) is 11.5 Å². The molecule has 5 heterocycles. The number of aliphatic hydroxyl groups is 1. The number of hydrogen-bond donors (Lipinski definition) is 2. The van der Waals surface area contributed by atoms with E-state index in [1.54, 1.807) is 33.9 Å². The SMILES string of the molecule is CC(=O)Cc1ccc(-c2ccc3ncc4c(=O)[nH]c(=O)n(C5CCN(C(=O)[C@H](C)O)CC5)c4c3n2)cn1. The van der Waals surface area contributed by atoms with Gasteiger partial charge in [0.15, 0.2) is 0 Å². The minimum Gasteiger partial charge on any atom is -0.384 e. The van der Waals surface area contributed by atoms with Crippen molar-refractivity contribution in [1.82, 2.24) is 29.4 Å². The quantitative estimate of drug-likeness (QED) is 0.388. The summed E-state index contributed by atoms with van der Waals surface area (Å²) in [4.78, 5) is 66.9. The lowest BCUT2D eigenvalue weighted by atomic mass is 10.0. The van der Waals surface area contributed by atoms with Crippen molar-refractivity contribution in [3.63, 3.8) is 0 Å². The van der Waals surface area contributed by atoms with E-state index in [-0.39, 0.29) is 29.5 Å². The van der Waals surface area contributed by atoms with Crippen LogP contribution in [0.3, 0.4) is 0 Å². The molecule has 4 aromatic heterocycles. The minimum atomic E-state index is -1.09. The molecule has 0 aromatic carbocycles. The fourth-order valence-corrected chi connectivity index (χ4v) is 4.84. The van der Waals surface area contributed by atoms with E-state index in [0.717, 1.165) is 5.56 Å². The molecule has 37 heavy (non-hydrogen) atoms. The second kappa shape index (κ2) is 9.66. The number of aliphatic hydroxyl groups excluding tert-OH is 1. The van der Waals surface area contributed by atoms with Gasteiger partial charge in [-0.1, -0.05) is 0 Å². The number of amides is 1. The molecular weight excluding hydrogens is 476 g/mol. The van der Waals surface area contributed by atoms with Crippen LogP contribution in [0.4, 0.5) is 0 Å². The zero-order valence-electron chi connectivity index (χ0n) is 20.5. The number of aromatic amines is 1. The molecule has 2 N–H and O–H groups in total. The summed E-state index contributed by atoms with van der Waals surface area (Å²) in [7, 11) is 0. The number of H-pyrrole nitrogens is 1. The van der Waals surface area contributed by atoms with Gasteiger partial charge in [-0.05, 0) is 51.0 Å². The maximum Gasteiger partial charge on any atom is 0.329 e. The number of rotatable bonds is 5. The Morgan fingerprint density at radius 2 is 1.86 bits per heavy atom. The molecule has 11 nitrogen and oxygen atoms in total. The van der Waals surface area contributed by atoms with Crippen LogP contribution in [0.25, 0.3) is 33.2 Å². The molecule has 1 atom stereocenters. The zero-order chi connectivity index (χ0) is 26.3. The smallest absolute Gasteiger partial charge is 0.329 e. The Labute approximate surface area is 210 Å². The largest absolute Gasteiger partial charge is 0.384 e. The Kier molecular flexibility index (Phi) is 6.38. The van der Waals surface area contributed by atoms with Crippen molar-refractivity contribution in [3.8, 4) is 11.3 Å². The van der Waals surface area contributed by atoms with Crippen molar-refractivity contribution in [2.45, 2.75) is 45.3 Å². The van der Waals surface area contributed by atoms with Gasteiger partial charge in [-0.2, -0.15) is 0 Å². The van der Waals surface area contributed by atoms with Crippen LogP contribution in [0.15, 0.2) is 46.2 Å². The Hall–Kier alpha value is -4.25. The summed E-state index contributed by atoms with van der Waals surface area (Å²) in [5, 5.41) is 9.89. The standard InChI is InChI=1S/C26H26N6O5/c1-14(33)11-17-4-3-16(12-27-17)20-5-6-21-22(29-20)23-19(13-28-21)24(35)30-26(37)32(23)18-7-9-31(10-8-18)25(36)15(2)34/h3-6,12-13,15,18,34H,7-11H2,1-2H3,(H,30,35,37)/t15-/m0/s1. The molecule has 5 rings (SSSR count). The molecular formula is C26H26N6O5. The monoisotopic (exact) mass is 502 g/mol. The molecule has 0 unspecified atom stereocenters. The van der Waals surface area contributed by atoms with Gasteiger partial charge in [-0.15, -0.1) is 0 Å². The number of ketones is 1. The number of pyridine rings is 3. The fraction of sp³-hybridized carbons (Fsp3) is 0.346. The van der Waals surface area contributed by atoms with Crippen LogP contribution in [-0.2, 0) is 16.0 Å². The Morgan fingerprint density at radius 3 is 2.51 bits per heavy atom. The van der Waals surface area contributed by atoms with Gasteiger partial charge in [0.05, 0.1) is 22.1 Å². The molecule has 11 heteroatoms. The number of hydrogen-bond acceptors (Lipinski definition) is 8. The topological polar surface area (TPSA) is 151 Å². The summed E-state index contributed by atoms with van der Waals surface area (Å²) >= 11 is 0. The first-order valence-electron chi connectivity index (χ1n) is 12.1. The van der Waals surface area contributed by atoms with Crippen LogP contribution < -0.4 is 11.2 Å². The number of piperidine rings is 1. The predicted octanol–water partition coefficient (Wildman–Crippen LogP) is 1.37. The number of Topliss-reactive ketones (excluding diaryl/α,β-unsaturated/α-hetero) is 1. The minimum absolute atomic E-state index is 0.0193. The fourth-order valence-electron chi connectivity index (χ4n) is 4.84. The molecule has 0 saturated carbocycles. The van der Waals surface area contributed by atoms with Crippen molar-refractivity contribution >= 4 is 33.6 Å². The molecule has 0 spiro atoms. The third-order valence-corrected chi connectivity index (χ3v) is 6.66. The number of nitrogens with zero attached hydrogens (tertiary/aromatic N) is 5. The average Bonchev–Trinajstić information content (AvgIpc) is 2.88. The lowest BCUT2D eigenvalue weighted by Gasteiger charge is -2.34. The van der Waals surface area contributed by atoms with E-state index >= 15 is 0 Å². The van der Waals surface area contributed by atoms with Gasteiger partial charge < -0.3 is 10.0 Å². The van der Waals surface area contributed by atoms with Crippen molar-refractivity contribution in [1.29, 1.82) is 0 Å². The first kappa shape index (κ1) is 24.4. The first-order valence-corrected chi connectivity index (χ1v) is 12.1. The number of nitrogens with one attached hydrogen (secondary N) is 1. The highest BCUT2D eigenvalue weighted by molar-refractivity contribution is 6.01. The number of aromatic nitrogens is 5. The highest BCUT2D eigenvalue weighted by atomic mass is 16.3. The Bertz CT molecular complexity index is 1630. The Morgan fingerprint density at radius 1 is 1.11 bits per heavy atom. The average molecular weight is 503 g/mol. The summed E-state index contributed by atoms with van der Waals surface area (Å²) in [6.07, 6.45) is 3.20. The molecule has 0 bridgehead atoms. The maximum atomic E-state index is 13.1. The number of carbonyl (C=O) groups excluding carboxylic acids is 2. The van der Waals surface area contributed by atoms with Crippen LogP contribution in [0, 0.1) is 0 Å². The molecule has 1 amide bonds. The van der Waals surface area contributed by atoms with E-state index in [2.05, 4.69) is 15.0 Å². The second-order valence-electron chi connectivity index (χ2n) is 9.36. The molecule has 1 saturated heterocycles.